The smallest absolute Gasteiger partial charge is 0.253 e. The largest absolute Gasteiger partial charge is 0.367 e. The molecule has 0 aliphatic heterocycles. The number of anilines is 1. The van der Waals surface area contributed by atoms with E-state index < -0.39 is 0 Å². The quantitative estimate of drug-likeness (QED) is 0.804. The molecule has 1 aliphatic rings. The summed E-state index contributed by atoms with van der Waals surface area (Å²) in [5.41, 5.74) is 3.85. The van der Waals surface area contributed by atoms with Crippen LogP contribution in [0.4, 0.5) is 5.82 Å². The Kier molecular flexibility index (Phi) is 3.63. The molecule has 5 nitrogen and oxygen atoms in total. The number of pyridine rings is 2. The number of hydrogen-bond donors (Lipinski definition) is 1. The summed E-state index contributed by atoms with van der Waals surface area (Å²) in [5, 5.41) is 3.62. The van der Waals surface area contributed by atoms with Crippen molar-refractivity contribution in [3.63, 3.8) is 0 Å². The van der Waals surface area contributed by atoms with Crippen molar-refractivity contribution in [2.45, 2.75) is 38.6 Å². The van der Waals surface area contributed by atoms with E-state index in [1.807, 2.05) is 31.5 Å². The molecular weight excluding hydrogens is 300 g/mol. The zero-order valence-corrected chi connectivity index (χ0v) is 14.1. The van der Waals surface area contributed by atoms with E-state index in [0.29, 0.717) is 6.04 Å². The van der Waals surface area contributed by atoms with Gasteiger partial charge in [-0.3, -0.25) is 9.20 Å². The minimum atomic E-state index is 0.0473. The van der Waals surface area contributed by atoms with E-state index in [4.69, 9.17) is 0 Å². The fraction of sp³-hybridized carbons (Fsp3) is 0.368. The van der Waals surface area contributed by atoms with Crippen molar-refractivity contribution in [1.82, 2.24) is 14.0 Å². The Bertz CT molecular complexity index is 921. The molecule has 0 saturated heterocycles. The van der Waals surface area contributed by atoms with Crippen LogP contribution in [0.1, 0.15) is 31.2 Å². The Balaban J connectivity index is 1.75. The standard InChI is InChI=1S/C19H22N4O/c1-13-9-15(11-22(2)19(13)24)14-7-8-17-20-10-18(23(17)12-14)21-16-5-3-4-6-16/h7-12,16,21H,3-6H2,1-2H3. The van der Waals surface area contributed by atoms with Crippen LogP contribution in [-0.4, -0.2) is 20.0 Å². The molecule has 3 aromatic rings. The third kappa shape index (κ3) is 2.60. The maximum Gasteiger partial charge on any atom is 0.253 e. The second-order valence-electron chi connectivity index (χ2n) is 6.74. The average molecular weight is 322 g/mol. The number of imidazole rings is 1. The van der Waals surface area contributed by atoms with Crippen LogP contribution in [0.2, 0.25) is 0 Å². The Morgan fingerprint density at radius 2 is 1.96 bits per heavy atom. The molecule has 1 aliphatic carbocycles. The summed E-state index contributed by atoms with van der Waals surface area (Å²) in [6.07, 6.45) is 11.0. The topological polar surface area (TPSA) is 51.3 Å². The van der Waals surface area contributed by atoms with E-state index in [9.17, 15) is 4.79 Å². The molecule has 0 radical (unpaired) electrons. The van der Waals surface area contributed by atoms with Crippen LogP contribution < -0.4 is 10.9 Å². The third-order valence-corrected chi connectivity index (χ3v) is 4.91. The summed E-state index contributed by atoms with van der Waals surface area (Å²) in [7, 11) is 1.79. The van der Waals surface area contributed by atoms with Gasteiger partial charge in [0.15, 0.2) is 0 Å². The lowest BCUT2D eigenvalue weighted by Crippen LogP contribution is -2.18. The molecule has 0 spiro atoms. The summed E-state index contributed by atoms with van der Waals surface area (Å²) >= 11 is 0. The highest BCUT2D eigenvalue weighted by molar-refractivity contribution is 5.66. The van der Waals surface area contributed by atoms with E-state index in [0.717, 1.165) is 28.2 Å². The van der Waals surface area contributed by atoms with Crippen molar-refractivity contribution in [1.29, 1.82) is 0 Å². The first-order valence-corrected chi connectivity index (χ1v) is 8.53. The Hall–Kier alpha value is -2.56. The summed E-state index contributed by atoms with van der Waals surface area (Å²) in [4.78, 5) is 16.4. The van der Waals surface area contributed by atoms with Gasteiger partial charge < -0.3 is 9.88 Å². The normalized spacial score (nSPS) is 15.2. The second-order valence-corrected chi connectivity index (χ2v) is 6.74. The molecule has 0 unspecified atom stereocenters. The number of aryl methyl sites for hydroxylation is 2. The number of hydrogen-bond acceptors (Lipinski definition) is 3. The first-order chi connectivity index (χ1) is 11.6. The minimum Gasteiger partial charge on any atom is -0.367 e. The summed E-state index contributed by atoms with van der Waals surface area (Å²) < 4.78 is 3.74. The molecule has 4 rings (SSSR count). The minimum absolute atomic E-state index is 0.0473. The molecular formula is C19H22N4O. The van der Waals surface area contributed by atoms with Crippen LogP contribution in [0.15, 0.2) is 41.6 Å². The predicted octanol–water partition coefficient (Wildman–Crippen LogP) is 3.36. The van der Waals surface area contributed by atoms with Crippen molar-refractivity contribution in [3.05, 3.63) is 52.7 Å². The monoisotopic (exact) mass is 322 g/mol. The number of nitrogens with one attached hydrogen (secondary N) is 1. The van der Waals surface area contributed by atoms with Crippen molar-refractivity contribution < 1.29 is 0 Å². The fourth-order valence-electron chi connectivity index (χ4n) is 3.57. The zero-order valence-electron chi connectivity index (χ0n) is 14.1. The van der Waals surface area contributed by atoms with E-state index in [1.165, 1.54) is 25.7 Å². The number of nitrogens with zero attached hydrogens (tertiary/aromatic N) is 3. The number of aromatic nitrogens is 3. The van der Waals surface area contributed by atoms with Gasteiger partial charge >= 0.3 is 0 Å². The van der Waals surface area contributed by atoms with Gasteiger partial charge in [-0.2, -0.15) is 0 Å². The number of rotatable bonds is 3. The van der Waals surface area contributed by atoms with Gasteiger partial charge in [0.05, 0.1) is 6.20 Å². The molecule has 0 aromatic carbocycles. The molecule has 5 heteroatoms. The molecule has 1 fully saturated rings. The Morgan fingerprint density at radius 1 is 1.17 bits per heavy atom. The van der Waals surface area contributed by atoms with Gasteiger partial charge in [0, 0.05) is 36.6 Å². The molecule has 1 saturated carbocycles. The maximum absolute atomic E-state index is 11.9. The highest BCUT2D eigenvalue weighted by Crippen LogP contribution is 2.25. The van der Waals surface area contributed by atoms with Crippen LogP contribution >= 0.6 is 0 Å². The second kappa shape index (κ2) is 5.82. The van der Waals surface area contributed by atoms with Gasteiger partial charge in [-0.05, 0) is 43.5 Å². The van der Waals surface area contributed by atoms with Gasteiger partial charge in [-0.1, -0.05) is 12.8 Å². The summed E-state index contributed by atoms with van der Waals surface area (Å²) in [5.74, 6) is 1.04. The SMILES string of the molecule is Cc1cc(-c2ccc3ncc(NC4CCCC4)n3c2)cn(C)c1=O. The van der Waals surface area contributed by atoms with Gasteiger partial charge in [-0.15, -0.1) is 0 Å². The van der Waals surface area contributed by atoms with E-state index in [-0.39, 0.29) is 5.56 Å². The van der Waals surface area contributed by atoms with Crippen molar-refractivity contribution in [2.75, 3.05) is 5.32 Å². The zero-order chi connectivity index (χ0) is 16.7. The molecule has 0 atom stereocenters. The summed E-state index contributed by atoms with van der Waals surface area (Å²) in [6.45, 7) is 1.86. The lowest BCUT2D eigenvalue weighted by Gasteiger charge is -2.13. The molecule has 124 valence electrons. The molecule has 3 aromatic heterocycles. The Morgan fingerprint density at radius 3 is 2.71 bits per heavy atom. The van der Waals surface area contributed by atoms with Gasteiger partial charge in [0.25, 0.3) is 5.56 Å². The third-order valence-electron chi connectivity index (χ3n) is 4.91. The fourth-order valence-corrected chi connectivity index (χ4v) is 3.57. The lowest BCUT2D eigenvalue weighted by molar-refractivity contribution is 0.749. The Labute approximate surface area is 141 Å². The van der Waals surface area contributed by atoms with Gasteiger partial charge in [0.2, 0.25) is 0 Å². The van der Waals surface area contributed by atoms with Crippen molar-refractivity contribution in [3.8, 4) is 11.1 Å². The predicted molar refractivity (Wildman–Crippen MR) is 96.5 cm³/mol. The molecule has 3 heterocycles. The maximum atomic E-state index is 11.9. The molecule has 1 N–H and O–H groups in total. The van der Waals surface area contributed by atoms with Crippen molar-refractivity contribution >= 4 is 11.5 Å². The highest BCUT2D eigenvalue weighted by Gasteiger charge is 2.16. The number of fused-ring (bicyclic) bond motifs is 1. The van der Waals surface area contributed by atoms with Crippen LogP contribution in [0.25, 0.3) is 16.8 Å². The molecule has 0 bridgehead atoms. The van der Waals surface area contributed by atoms with E-state index in [1.54, 1.807) is 11.6 Å². The van der Waals surface area contributed by atoms with E-state index in [2.05, 4.69) is 27.0 Å². The van der Waals surface area contributed by atoms with Gasteiger partial charge in [0.1, 0.15) is 11.5 Å². The average Bonchev–Trinajstić information content (AvgIpc) is 3.22. The summed E-state index contributed by atoms with van der Waals surface area (Å²) in [6, 6.07) is 6.58. The first kappa shape index (κ1) is 15.0. The lowest BCUT2D eigenvalue weighted by atomic mass is 10.1. The first-order valence-electron chi connectivity index (χ1n) is 8.53. The highest BCUT2D eigenvalue weighted by atomic mass is 16.1. The van der Waals surface area contributed by atoms with Crippen LogP contribution in [0.3, 0.4) is 0 Å². The van der Waals surface area contributed by atoms with E-state index >= 15 is 0 Å². The van der Waals surface area contributed by atoms with Crippen LogP contribution in [0.5, 0.6) is 0 Å². The van der Waals surface area contributed by atoms with Crippen molar-refractivity contribution in [2.24, 2.45) is 7.05 Å². The van der Waals surface area contributed by atoms with Crippen LogP contribution in [0, 0.1) is 6.92 Å². The molecule has 24 heavy (non-hydrogen) atoms. The van der Waals surface area contributed by atoms with Crippen LogP contribution in [-0.2, 0) is 7.05 Å². The van der Waals surface area contributed by atoms with Gasteiger partial charge in [-0.25, -0.2) is 4.98 Å². The molecule has 0 amide bonds.